The van der Waals surface area contributed by atoms with Crippen LogP contribution < -0.4 is 5.73 Å². The minimum Gasteiger partial charge on any atom is -0.377 e. The lowest BCUT2D eigenvalue weighted by Gasteiger charge is -2.27. The van der Waals surface area contributed by atoms with Crippen molar-refractivity contribution in [3.05, 3.63) is 17.0 Å². The maximum atomic E-state index is 6.19. The predicted octanol–water partition coefficient (Wildman–Crippen LogP) is 1.11. The van der Waals surface area contributed by atoms with E-state index in [0.29, 0.717) is 6.04 Å². The highest BCUT2D eigenvalue weighted by Crippen LogP contribution is 2.37. The summed E-state index contributed by atoms with van der Waals surface area (Å²) in [6.07, 6.45) is 3.30. The molecule has 1 saturated carbocycles. The molecule has 0 radical (unpaired) electrons. The fraction of sp³-hybridized carbons (Fsp3) is 0.750. The van der Waals surface area contributed by atoms with Gasteiger partial charge in [0.1, 0.15) is 0 Å². The van der Waals surface area contributed by atoms with E-state index in [4.69, 9.17) is 10.5 Å². The van der Waals surface area contributed by atoms with Crippen molar-refractivity contribution >= 4 is 0 Å². The summed E-state index contributed by atoms with van der Waals surface area (Å²) in [5.74, 6) is 0. The maximum Gasteiger partial charge on any atom is 0.0988 e. The fourth-order valence-electron chi connectivity index (χ4n) is 2.36. The Bertz CT molecular complexity index is 416. The van der Waals surface area contributed by atoms with E-state index >= 15 is 0 Å². The summed E-state index contributed by atoms with van der Waals surface area (Å²) in [7, 11) is 0. The Morgan fingerprint density at radius 2 is 2.12 bits per heavy atom. The highest BCUT2D eigenvalue weighted by Gasteiger charge is 2.39. The van der Waals surface area contributed by atoms with Crippen molar-refractivity contribution < 1.29 is 4.74 Å². The molecule has 2 N–H and O–H groups in total. The summed E-state index contributed by atoms with van der Waals surface area (Å²) in [5.41, 5.74) is 10.0. The lowest BCUT2D eigenvalue weighted by Crippen LogP contribution is -2.32. The van der Waals surface area contributed by atoms with Gasteiger partial charge in [-0.1, -0.05) is 0 Å². The Kier molecular flexibility index (Phi) is 2.13. The summed E-state index contributed by atoms with van der Waals surface area (Å²) in [6, 6.07) is 0.445. The van der Waals surface area contributed by atoms with Crippen LogP contribution in [-0.2, 0) is 11.2 Å². The third-order valence-corrected chi connectivity index (χ3v) is 3.86. The van der Waals surface area contributed by atoms with Gasteiger partial charge in [0.15, 0.2) is 0 Å². The summed E-state index contributed by atoms with van der Waals surface area (Å²) in [4.78, 5) is 0. The van der Waals surface area contributed by atoms with Crippen molar-refractivity contribution in [3.63, 3.8) is 0 Å². The van der Waals surface area contributed by atoms with E-state index in [1.54, 1.807) is 0 Å². The summed E-state index contributed by atoms with van der Waals surface area (Å²) in [6.45, 7) is 5.84. The van der Waals surface area contributed by atoms with Crippen molar-refractivity contribution in [2.45, 2.75) is 44.7 Å². The van der Waals surface area contributed by atoms with Crippen molar-refractivity contribution in [1.82, 2.24) is 9.78 Å². The zero-order valence-electron chi connectivity index (χ0n) is 9.99. The van der Waals surface area contributed by atoms with E-state index < -0.39 is 0 Å². The molecule has 1 aliphatic heterocycles. The molecule has 4 nitrogen and oxygen atoms in total. The highest BCUT2D eigenvalue weighted by molar-refractivity contribution is 5.29. The molecule has 0 bridgehead atoms. The van der Waals surface area contributed by atoms with Crippen molar-refractivity contribution in [2.75, 3.05) is 13.2 Å². The van der Waals surface area contributed by atoms with Crippen LogP contribution in [0.25, 0.3) is 0 Å². The Morgan fingerprint density at radius 3 is 2.62 bits per heavy atom. The zero-order chi connectivity index (χ0) is 11.3. The van der Waals surface area contributed by atoms with Crippen LogP contribution in [0.2, 0.25) is 0 Å². The topological polar surface area (TPSA) is 53.1 Å². The Hall–Kier alpha value is -0.870. The molecule has 3 rings (SSSR count). The molecule has 0 unspecified atom stereocenters. The molecule has 0 aromatic carbocycles. The molecule has 2 aliphatic rings. The molecular weight excluding hydrogens is 202 g/mol. The summed E-state index contributed by atoms with van der Waals surface area (Å²) in [5, 5.41) is 4.63. The van der Waals surface area contributed by atoms with Gasteiger partial charge < -0.3 is 10.5 Å². The average Bonchev–Trinajstić information content (AvgIpc) is 2.82. The predicted molar refractivity (Wildman–Crippen MR) is 61.4 cm³/mol. The normalized spacial score (nSPS) is 23.2. The number of aromatic nitrogens is 2. The molecule has 2 fully saturated rings. The lowest BCUT2D eigenvalue weighted by atomic mass is 10.0. The summed E-state index contributed by atoms with van der Waals surface area (Å²) < 4.78 is 7.35. The van der Waals surface area contributed by atoms with Gasteiger partial charge in [-0.3, -0.25) is 4.68 Å². The molecule has 0 amide bonds. The Morgan fingerprint density at radius 1 is 1.44 bits per heavy atom. The van der Waals surface area contributed by atoms with Crippen LogP contribution in [0.4, 0.5) is 0 Å². The number of hydrogen-bond donors (Lipinski definition) is 1. The quantitative estimate of drug-likeness (QED) is 0.831. The Labute approximate surface area is 95.8 Å². The van der Waals surface area contributed by atoms with Crippen molar-refractivity contribution in [3.8, 4) is 0 Å². The van der Waals surface area contributed by atoms with E-state index in [1.807, 2.05) is 0 Å². The van der Waals surface area contributed by atoms with E-state index in [0.717, 1.165) is 38.2 Å². The van der Waals surface area contributed by atoms with Gasteiger partial charge in [0.2, 0.25) is 0 Å². The number of rotatable bonds is 3. The minimum atomic E-state index is 0.0689. The standard InChI is InChI=1S/C12H19N3O/c1-8-11(5-12(13)3-4-12)9(2)15(14-8)10-6-16-7-10/h10H,3-7,13H2,1-2H3. The first kappa shape index (κ1) is 10.3. The van der Waals surface area contributed by atoms with Crippen molar-refractivity contribution in [1.29, 1.82) is 0 Å². The smallest absolute Gasteiger partial charge is 0.0988 e. The van der Waals surface area contributed by atoms with Gasteiger partial charge in [0, 0.05) is 11.2 Å². The van der Waals surface area contributed by atoms with Crippen LogP contribution in [0.3, 0.4) is 0 Å². The second-order valence-corrected chi connectivity index (χ2v) is 5.32. The minimum absolute atomic E-state index is 0.0689. The van der Waals surface area contributed by atoms with Gasteiger partial charge >= 0.3 is 0 Å². The monoisotopic (exact) mass is 221 g/mol. The number of hydrogen-bond acceptors (Lipinski definition) is 3. The molecule has 16 heavy (non-hydrogen) atoms. The van der Waals surface area contributed by atoms with Crippen LogP contribution >= 0.6 is 0 Å². The van der Waals surface area contributed by atoms with Crippen LogP contribution in [0, 0.1) is 13.8 Å². The largest absolute Gasteiger partial charge is 0.377 e. The number of aryl methyl sites for hydroxylation is 1. The van der Waals surface area contributed by atoms with Gasteiger partial charge in [0.25, 0.3) is 0 Å². The van der Waals surface area contributed by atoms with Gasteiger partial charge in [-0.15, -0.1) is 0 Å². The van der Waals surface area contributed by atoms with Gasteiger partial charge in [-0.2, -0.15) is 5.10 Å². The molecule has 1 aliphatic carbocycles. The molecule has 1 saturated heterocycles. The first-order valence-electron chi connectivity index (χ1n) is 6.00. The fourth-order valence-corrected chi connectivity index (χ4v) is 2.36. The number of ether oxygens (including phenoxy) is 1. The molecule has 88 valence electrons. The third kappa shape index (κ3) is 1.57. The van der Waals surface area contributed by atoms with E-state index in [2.05, 4.69) is 23.6 Å². The molecule has 1 aromatic rings. The van der Waals surface area contributed by atoms with E-state index in [1.165, 1.54) is 11.3 Å². The van der Waals surface area contributed by atoms with E-state index in [-0.39, 0.29) is 5.54 Å². The number of nitrogens with two attached hydrogens (primary N) is 1. The molecule has 0 atom stereocenters. The second-order valence-electron chi connectivity index (χ2n) is 5.32. The summed E-state index contributed by atoms with van der Waals surface area (Å²) >= 11 is 0. The van der Waals surface area contributed by atoms with Gasteiger partial charge in [0.05, 0.1) is 24.9 Å². The van der Waals surface area contributed by atoms with Crippen LogP contribution in [0.15, 0.2) is 0 Å². The maximum absolute atomic E-state index is 6.19. The van der Waals surface area contributed by atoms with E-state index in [9.17, 15) is 0 Å². The number of nitrogens with zero attached hydrogens (tertiary/aromatic N) is 2. The molecule has 2 heterocycles. The first-order chi connectivity index (χ1) is 7.59. The molecule has 4 heteroatoms. The first-order valence-corrected chi connectivity index (χ1v) is 6.00. The van der Waals surface area contributed by atoms with Crippen molar-refractivity contribution in [2.24, 2.45) is 5.73 Å². The molecule has 1 aromatic heterocycles. The van der Waals surface area contributed by atoms with Crippen LogP contribution in [0.5, 0.6) is 0 Å². The van der Waals surface area contributed by atoms with Crippen LogP contribution in [0.1, 0.15) is 35.8 Å². The highest BCUT2D eigenvalue weighted by atomic mass is 16.5. The SMILES string of the molecule is Cc1nn(C2COC2)c(C)c1CC1(N)CC1. The Balaban J connectivity index is 1.88. The van der Waals surface area contributed by atoms with Gasteiger partial charge in [-0.05, 0) is 38.7 Å². The van der Waals surface area contributed by atoms with Gasteiger partial charge in [-0.25, -0.2) is 0 Å². The third-order valence-electron chi connectivity index (χ3n) is 3.86. The second kappa shape index (κ2) is 3.31. The zero-order valence-corrected chi connectivity index (χ0v) is 9.99. The molecular formula is C12H19N3O. The lowest BCUT2D eigenvalue weighted by molar-refractivity contribution is -0.0296. The average molecular weight is 221 g/mol. The van der Waals surface area contributed by atoms with Crippen LogP contribution in [-0.4, -0.2) is 28.5 Å². The molecule has 0 spiro atoms.